The summed E-state index contributed by atoms with van der Waals surface area (Å²) in [5, 5.41) is 3.51. The van der Waals surface area contributed by atoms with Gasteiger partial charge in [-0.3, -0.25) is 4.90 Å². The average molecular weight is 302 g/mol. The molecule has 0 aliphatic carbocycles. The summed E-state index contributed by atoms with van der Waals surface area (Å²) in [5.41, 5.74) is 1.53. The molecular weight excluding hydrogens is 282 g/mol. The molecule has 0 radical (unpaired) electrons. The number of hydrogen-bond donors (Lipinski definition) is 1. The molecule has 0 aromatic heterocycles. The number of para-hydroxylation sites is 1. The maximum atomic E-state index is 13.8. The number of piperidine rings is 1. The maximum absolute atomic E-state index is 13.8. The Morgan fingerprint density at radius 2 is 1.86 bits per heavy atom. The molecule has 4 heteroatoms. The van der Waals surface area contributed by atoms with Gasteiger partial charge in [-0.15, -0.1) is 0 Å². The summed E-state index contributed by atoms with van der Waals surface area (Å²) >= 11 is 0. The number of nitrogens with zero attached hydrogens (tertiary/aromatic N) is 1. The number of nitrogens with one attached hydrogen (secondary N) is 1. The van der Waals surface area contributed by atoms with E-state index in [-0.39, 0.29) is 0 Å². The minimum Gasteiger partial charge on any atom is -0.381 e. The number of hydrogen-bond acceptors (Lipinski definition) is 2. The van der Waals surface area contributed by atoms with E-state index >= 15 is 0 Å². The van der Waals surface area contributed by atoms with Gasteiger partial charge in [-0.2, -0.15) is 0 Å². The van der Waals surface area contributed by atoms with E-state index in [1.807, 2.05) is 30.3 Å². The van der Waals surface area contributed by atoms with Crippen LogP contribution >= 0.6 is 0 Å². The van der Waals surface area contributed by atoms with Gasteiger partial charge in [0, 0.05) is 30.4 Å². The van der Waals surface area contributed by atoms with Gasteiger partial charge in [-0.25, -0.2) is 8.78 Å². The predicted octanol–water partition coefficient (Wildman–Crippen LogP) is 4.04. The largest absolute Gasteiger partial charge is 0.381 e. The average Bonchev–Trinajstić information content (AvgIpc) is 2.53. The van der Waals surface area contributed by atoms with Gasteiger partial charge in [0.25, 0.3) is 0 Å². The molecule has 22 heavy (non-hydrogen) atoms. The molecule has 1 N–H and O–H groups in total. The van der Waals surface area contributed by atoms with Crippen molar-refractivity contribution in [2.75, 3.05) is 18.4 Å². The summed E-state index contributed by atoms with van der Waals surface area (Å²) in [6.07, 6.45) is 2.15. The third-order valence-electron chi connectivity index (χ3n) is 4.08. The van der Waals surface area contributed by atoms with E-state index in [2.05, 4.69) is 10.2 Å². The fourth-order valence-electron chi connectivity index (χ4n) is 3.00. The maximum Gasteiger partial charge on any atom is 0.163 e. The zero-order valence-corrected chi connectivity index (χ0v) is 12.4. The van der Waals surface area contributed by atoms with Gasteiger partial charge in [0.15, 0.2) is 11.6 Å². The lowest BCUT2D eigenvalue weighted by molar-refractivity contribution is 0.205. The number of anilines is 1. The topological polar surface area (TPSA) is 15.3 Å². The number of rotatable bonds is 4. The Morgan fingerprint density at radius 3 is 2.68 bits per heavy atom. The molecule has 0 unspecified atom stereocenters. The molecule has 0 amide bonds. The first-order valence-corrected chi connectivity index (χ1v) is 7.69. The summed E-state index contributed by atoms with van der Waals surface area (Å²) in [6, 6.07) is 14.8. The Kier molecular flexibility index (Phi) is 4.68. The summed E-state index contributed by atoms with van der Waals surface area (Å²) in [5.74, 6) is -1.49. The van der Waals surface area contributed by atoms with Crippen molar-refractivity contribution in [3.8, 4) is 0 Å². The summed E-state index contributed by atoms with van der Waals surface area (Å²) in [4.78, 5) is 2.18. The second-order valence-corrected chi connectivity index (χ2v) is 5.80. The first kappa shape index (κ1) is 15.0. The lowest BCUT2D eigenvalue weighted by Crippen LogP contribution is -2.41. The van der Waals surface area contributed by atoms with Crippen molar-refractivity contribution in [1.82, 2.24) is 4.90 Å². The molecule has 1 atom stereocenters. The van der Waals surface area contributed by atoms with E-state index in [0.717, 1.165) is 37.7 Å². The molecule has 1 fully saturated rings. The molecular formula is C18H20F2N2. The Balaban J connectivity index is 1.62. The summed E-state index contributed by atoms with van der Waals surface area (Å²) in [7, 11) is 0. The fraction of sp³-hybridized carbons (Fsp3) is 0.333. The molecule has 0 spiro atoms. The minimum atomic E-state index is -0.770. The first-order chi connectivity index (χ1) is 10.7. The predicted molar refractivity (Wildman–Crippen MR) is 84.7 cm³/mol. The standard InChI is InChI=1S/C18H20F2N2/c19-17-10-4-6-14(18(17)20)12-22-11-5-9-16(13-22)21-15-7-2-1-3-8-15/h1-4,6-8,10,16,21H,5,9,11-13H2/t16-/m1/s1. The van der Waals surface area contributed by atoms with Crippen LogP contribution in [0, 0.1) is 11.6 Å². The normalized spacial score (nSPS) is 19.1. The van der Waals surface area contributed by atoms with E-state index in [1.54, 1.807) is 12.1 Å². The fourth-order valence-corrected chi connectivity index (χ4v) is 3.00. The SMILES string of the molecule is Fc1cccc(CN2CCC[C@@H](Nc3ccccc3)C2)c1F. The highest BCUT2D eigenvalue weighted by Gasteiger charge is 2.21. The third kappa shape index (κ3) is 3.63. The monoisotopic (exact) mass is 302 g/mol. The van der Waals surface area contributed by atoms with Gasteiger partial charge in [0.1, 0.15) is 0 Å². The summed E-state index contributed by atoms with van der Waals surface area (Å²) in [6.45, 7) is 2.21. The molecule has 0 saturated carbocycles. The third-order valence-corrected chi connectivity index (χ3v) is 4.08. The quantitative estimate of drug-likeness (QED) is 0.917. The molecule has 1 aliphatic heterocycles. The Hall–Kier alpha value is -1.94. The Morgan fingerprint density at radius 1 is 1.05 bits per heavy atom. The van der Waals surface area contributed by atoms with E-state index in [0.29, 0.717) is 18.2 Å². The highest BCUT2D eigenvalue weighted by Crippen LogP contribution is 2.19. The zero-order chi connectivity index (χ0) is 15.4. The second-order valence-electron chi connectivity index (χ2n) is 5.80. The molecule has 1 saturated heterocycles. The zero-order valence-electron chi connectivity index (χ0n) is 12.4. The van der Waals surface area contributed by atoms with Crippen LogP contribution in [0.3, 0.4) is 0 Å². The molecule has 1 aliphatic rings. The van der Waals surface area contributed by atoms with Crippen LogP contribution < -0.4 is 5.32 Å². The highest BCUT2D eigenvalue weighted by atomic mass is 19.2. The van der Waals surface area contributed by atoms with Crippen molar-refractivity contribution in [1.29, 1.82) is 0 Å². The van der Waals surface area contributed by atoms with Crippen molar-refractivity contribution in [2.45, 2.75) is 25.4 Å². The van der Waals surface area contributed by atoms with Crippen LogP contribution in [-0.2, 0) is 6.54 Å². The smallest absolute Gasteiger partial charge is 0.163 e. The van der Waals surface area contributed by atoms with Crippen LogP contribution in [0.4, 0.5) is 14.5 Å². The van der Waals surface area contributed by atoms with Crippen LogP contribution in [0.25, 0.3) is 0 Å². The molecule has 2 nitrogen and oxygen atoms in total. The number of halogens is 2. The number of benzene rings is 2. The molecule has 2 aromatic carbocycles. The van der Waals surface area contributed by atoms with Gasteiger partial charge < -0.3 is 5.32 Å². The van der Waals surface area contributed by atoms with Crippen LogP contribution in [-0.4, -0.2) is 24.0 Å². The van der Waals surface area contributed by atoms with E-state index in [9.17, 15) is 8.78 Å². The molecule has 3 rings (SSSR count). The van der Waals surface area contributed by atoms with Crippen LogP contribution in [0.1, 0.15) is 18.4 Å². The van der Waals surface area contributed by atoms with E-state index in [1.165, 1.54) is 0 Å². The van der Waals surface area contributed by atoms with Crippen LogP contribution in [0.2, 0.25) is 0 Å². The van der Waals surface area contributed by atoms with E-state index < -0.39 is 11.6 Å². The summed E-state index contributed by atoms with van der Waals surface area (Å²) < 4.78 is 27.1. The van der Waals surface area contributed by atoms with Crippen molar-refractivity contribution < 1.29 is 8.78 Å². The van der Waals surface area contributed by atoms with Crippen molar-refractivity contribution in [3.63, 3.8) is 0 Å². The van der Waals surface area contributed by atoms with Gasteiger partial charge in [-0.05, 0) is 37.6 Å². The number of likely N-dealkylation sites (tertiary alicyclic amines) is 1. The minimum absolute atomic E-state index is 0.341. The van der Waals surface area contributed by atoms with Crippen molar-refractivity contribution in [2.24, 2.45) is 0 Å². The van der Waals surface area contributed by atoms with Crippen molar-refractivity contribution in [3.05, 3.63) is 65.7 Å². The van der Waals surface area contributed by atoms with Crippen molar-refractivity contribution >= 4 is 5.69 Å². The molecule has 0 bridgehead atoms. The Labute approximate surface area is 129 Å². The highest BCUT2D eigenvalue weighted by molar-refractivity contribution is 5.43. The van der Waals surface area contributed by atoms with Crippen LogP contribution in [0.5, 0.6) is 0 Å². The van der Waals surface area contributed by atoms with Gasteiger partial charge in [-0.1, -0.05) is 30.3 Å². The lowest BCUT2D eigenvalue weighted by Gasteiger charge is -2.33. The van der Waals surface area contributed by atoms with Gasteiger partial charge >= 0.3 is 0 Å². The Bertz CT molecular complexity index is 616. The van der Waals surface area contributed by atoms with E-state index in [4.69, 9.17) is 0 Å². The first-order valence-electron chi connectivity index (χ1n) is 7.69. The van der Waals surface area contributed by atoms with Gasteiger partial charge in [0.05, 0.1) is 0 Å². The van der Waals surface area contributed by atoms with Crippen LogP contribution in [0.15, 0.2) is 48.5 Å². The molecule has 116 valence electrons. The van der Waals surface area contributed by atoms with Gasteiger partial charge in [0.2, 0.25) is 0 Å². The lowest BCUT2D eigenvalue weighted by atomic mass is 10.0. The molecule has 2 aromatic rings. The second kappa shape index (κ2) is 6.88. The molecule has 1 heterocycles.